The van der Waals surface area contributed by atoms with Gasteiger partial charge in [-0.1, -0.05) is 17.7 Å². The fraction of sp³-hybridized carbons (Fsp3) is 0.0909. The Labute approximate surface area is 92.0 Å². The largest absolute Gasteiger partial charge is 0.269 e. The highest BCUT2D eigenvalue weighted by molar-refractivity contribution is 6.30. The summed E-state index contributed by atoms with van der Waals surface area (Å²) in [5.74, 6) is 0.643. The number of aryl methyl sites for hydroxylation is 1. The highest BCUT2D eigenvalue weighted by Crippen LogP contribution is 2.13. The Balaban J connectivity index is 2.69. The number of hydrogen-bond acceptors (Lipinski definition) is 2. The van der Waals surface area contributed by atoms with Gasteiger partial charge in [-0.05, 0) is 25.1 Å². The average molecular weight is 221 g/mol. The van der Waals surface area contributed by atoms with E-state index in [0.717, 1.165) is 5.69 Å². The molecule has 0 amide bonds. The van der Waals surface area contributed by atoms with Gasteiger partial charge in [-0.2, -0.15) is 0 Å². The average Bonchev–Trinajstić information content (AvgIpc) is 2.17. The third-order valence-corrected chi connectivity index (χ3v) is 2.32. The van der Waals surface area contributed by atoms with Gasteiger partial charge in [-0.15, -0.1) is 0 Å². The summed E-state index contributed by atoms with van der Waals surface area (Å²) in [5.41, 5.74) is 0.628. The molecule has 2 rings (SSSR count). The number of benzene rings is 1. The van der Waals surface area contributed by atoms with Crippen LogP contribution in [0.1, 0.15) is 5.82 Å². The Bertz CT molecular complexity index is 548. The molecule has 1 aromatic carbocycles. The molecule has 0 aliphatic heterocycles. The fourth-order valence-corrected chi connectivity index (χ4v) is 1.61. The van der Waals surface area contributed by atoms with Gasteiger partial charge in [0, 0.05) is 17.3 Å². The molecular weight excluding hydrogens is 212 g/mol. The van der Waals surface area contributed by atoms with Crippen LogP contribution in [-0.4, -0.2) is 9.55 Å². The van der Waals surface area contributed by atoms with Crippen LogP contribution in [0, 0.1) is 6.92 Å². The van der Waals surface area contributed by atoms with E-state index in [1.54, 1.807) is 25.1 Å². The molecule has 0 N–H and O–H groups in total. The zero-order valence-corrected chi connectivity index (χ0v) is 8.90. The molecule has 3 nitrogen and oxygen atoms in total. The first-order valence-corrected chi connectivity index (χ1v) is 4.87. The van der Waals surface area contributed by atoms with E-state index in [1.807, 2.05) is 6.07 Å². The minimum atomic E-state index is -0.107. The van der Waals surface area contributed by atoms with Crippen molar-refractivity contribution in [1.29, 1.82) is 0 Å². The monoisotopic (exact) mass is 220 g/mol. The van der Waals surface area contributed by atoms with Crippen molar-refractivity contribution in [3.05, 3.63) is 57.7 Å². The van der Waals surface area contributed by atoms with Crippen LogP contribution < -0.4 is 5.56 Å². The summed E-state index contributed by atoms with van der Waals surface area (Å²) in [5, 5.41) is 0.600. The summed E-state index contributed by atoms with van der Waals surface area (Å²) in [6, 6.07) is 8.55. The molecule has 4 heteroatoms. The molecule has 0 bridgehead atoms. The van der Waals surface area contributed by atoms with Gasteiger partial charge in [0.05, 0.1) is 5.69 Å². The van der Waals surface area contributed by atoms with Crippen molar-refractivity contribution in [1.82, 2.24) is 9.55 Å². The normalized spacial score (nSPS) is 10.3. The molecule has 0 unspecified atom stereocenters. The molecule has 0 aliphatic rings. The molecule has 15 heavy (non-hydrogen) atoms. The number of aromatic nitrogens is 2. The summed E-state index contributed by atoms with van der Waals surface area (Å²) >= 11 is 5.86. The Kier molecular flexibility index (Phi) is 2.56. The summed E-state index contributed by atoms with van der Waals surface area (Å²) in [6.45, 7) is 1.78. The van der Waals surface area contributed by atoms with Gasteiger partial charge in [0.2, 0.25) is 0 Å². The van der Waals surface area contributed by atoms with Crippen LogP contribution in [0.15, 0.2) is 41.3 Å². The molecule has 0 aliphatic carbocycles. The van der Waals surface area contributed by atoms with E-state index in [0.29, 0.717) is 10.8 Å². The van der Waals surface area contributed by atoms with Gasteiger partial charge in [-0.3, -0.25) is 9.36 Å². The van der Waals surface area contributed by atoms with Crippen molar-refractivity contribution in [2.24, 2.45) is 0 Å². The Hall–Kier alpha value is -1.61. The van der Waals surface area contributed by atoms with Crippen LogP contribution in [0.4, 0.5) is 0 Å². The molecule has 0 saturated heterocycles. The van der Waals surface area contributed by atoms with Crippen LogP contribution in [-0.2, 0) is 0 Å². The molecule has 0 spiro atoms. The zero-order chi connectivity index (χ0) is 10.8. The quantitative estimate of drug-likeness (QED) is 0.739. The molecule has 0 saturated carbocycles. The summed E-state index contributed by atoms with van der Waals surface area (Å²) in [7, 11) is 0. The molecule has 0 radical (unpaired) electrons. The standard InChI is InChI=1S/C11H9ClN2O/c1-8-13-6-5-11(15)14(8)10-4-2-3-9(12)7-10/h2-7H,1H3. The van der Waals surface area contributed by atoms with Gasteiger partial charge < -0.3 is 0 Å². The first-order chi connectivity index (χ1) is 7.18. The predicted molar refractivity (Wildman–Crippen MR) is 59.6 cm³/mol. The lowest BCUT2D eigenvalue weighted by atomic mass is 10.3. The number of nitrogens with zero attached hydrogens (tertiary/aromatic N) is 2. The van der Waals surface area contributed by atoms with Crippen LogP contribution in [0.3, 0.4) is 0 Å². The molecule has 1 heterocycles. The minimum absolute atomic E-state index is 0.107. The third-order valence-electron chi connectivity index (χ3n) is 2.09. The maximum absolute atomic E-state index is 11.6. The molecular formula is C11H9ClN2O. The fourth-order valence-electron chi connectivity index (χ4n) is 1.43. The number of rotatable bonds is 1. The summed E-state index contributed by atoms with van der Waals surface area (Å²) in [6.07, 6.45) is 1.50. The van der Waals surface area contributed by atoms with Gasteiger partial charge in [0.15, 0.2) is 0 Å². The maximum atomic E-state index is 11.6. The van der Waals surface area contributed by atoms with Crippen molar-refractivity contribution in [3.8, 4) is 5.69 Å². The molecule has 0 fully saturated rings. The van der Waals surface area contributed by atoms with Crippen LogP contribution in [0.25, 0.3) is 5.69 Å². The van der Waals surface area contributed by atoms with E-state index in [1.165, 1.54) is 16.8 Å². The lowest BCUT2D eigenvalue weighted by Gasteiger charge is -2.07. The van der Waals surface area contributed by atoms with E-state index in [9.17, 15) is 4.79 Å². The smallest absolute Gasteiger partial charge is 0.258 e. The van der Waals surface area contributed by atoms with E-state index in [4.69, 9.17) is 11.6 Å². The second-order valence-corrected chi connectivity index (χ2v) is 3.58. The summed E-state index contributed by atoms with van der Waals surface area (Å²) in [4.78, 5) is 15.7. The van der Waals surface area contributed by atoms with E-state index < -0.39 is 0 Å². The van der Waals surface area contributed by atoms with Crippen molar-refractivity contribution >= 4 is 11.6 Å². The van der Waals surface area contributed by atoms with Crippen molar-refractivity contribution in [2.45, 2.75) is 6.92 Å². The SMILES string of the molecule is Cc1nccc(=O)n1-c1cccc(Cl)c1. The molecule has 0 atom stereocenters. The Morgan fingerprint density at radius 2 is 2.13 bits per heavy atom. The van der Waals surface area contributed by atoms with Gasteiger partial charge in [-0.25, -0.2) is 4.98 Å². The van der Waals surface area contributed by atoms with E-state index in [-0.39, 0.29) is 5.56 Å². The Morgan fingerprint density at radius 1 is 1.33 bits per heavy atom. The maximum Gasteiger partial charge on any atom is 0.258 e. The lowest BCUT2D eigenvalue weighted by molar-refractivity contribution is 0.870. The van der Waals surface area contributed by atoms with E-state index in [2.05, 4.69) is 4.98 Å². The van der Waals surface area contributed by atoms with Crippen LogP contribution >= 0.6 is 11.6 Å². The first-order valence-electron chi connectivity index (χ1n) is 4.49. The number of halogens is 1. The predicted octanol–water partition coefficient (Wildman–Crippen LogP) is 2.19. The highest BCUT2D eigenvalue weighted by atomic mass is 35.5. The number of hydrogen-bond donors (Lipinski definition) is 0. The topological polar surface area (TPSA) is 34.9 Å². The van der Waals surface area contributed by atoms with Gasteiger partial charge in [0.25, 0.3) is 5.56 Å². The third kappa shape index (κ3) is 1.92. The van der Waals surface area contributed by atoms with Crippen molar-refractivity contribution in [3.63, 3.8) is 0 Å². The second kappa shape index (κ2) is 3.87. The minimum Gasteiger partial charge on any atom is -0.269 e. The highest BCUT2D eigenvalue weighted by Gasteiger charge is 2.03. The molecule has 1 aromatic heterocycles. The van der Waals surface area contributed by atoms with Gasteiger partial charge in [0.1, 0.15) is 5.82 Å². The lowest BCUT2D eigenvalue weighted by Crippen LogP contribution is -2.20. The van der Waals surface area contributed by atoms with Crippen molar-refractivity contribution < 1.29 is 0 Å². The van der Waals surface area contributed by atoms with Crippen LogP contribution in [0.2, 0.25) is 5.02 Å². The van der Waals surface area contributed by atoms with Crippen LogP contribution in [0.5, 0.6) is 0 Å². The van der Waals surface area contributed by atoms with E-state index >= 15 is 0 Å². The first kappa shape index (κ1) is 9.93. The molecule has 76 valence electrons. The molecule has 2 aromatic rings. The summed E-state index contributed by atoms with van der Waals surface area (Å²) < 4.78 is 1.52. The zero-order valence-electron chi connectivity index (χ0n) is 8.14. The van der Waals surface area contributed by atoms with Gasteiger partial charge >= 0.3 is 0 Å². The Morgan fingerprint density at radius 3 is 2.80 bits per heavy atom. The second-order valence-electron chi connectivity index (χ2n) is 3.15. The van der Waals surface area contributed by atoms with Crippen molar-refractivity contribution in [2.75, 3.05) is 0 Å².